The summed E-state index contributed by atoms with van der Waals surface area (Å²) in [7, 11) is -14.8. The molecule has 10 aromatic rings. The predicted molar refractivity (Wildman–Crippen MR) is 379 cm³/mol. The second-order valence-electron chi connectivity index (χ2n) is 21.5. The van der Waals surface area contributed by atoms with E-state index in [1.54, 1.807) is 107 Å². The third-order valence-electron chi connectivity index (χ3n) is 14.7. The summed E-state index contributed by atoms with van der Waals surface area (Å²) in [5, 5.41) is 35.8. The molecule has 0 aliphatic heterocycles. The van der Waals surface area contributed by atoms with Gasteiger partial charge in [0.2, 0.25) is 0 Å². The minimum atomic E-state index is -4.91. The maximum atomic E-state index is 13.1. The fourth-order valence-corrected chi connectivity index (χ4v) is 13.4. The number of carbonyl (C=O) groups is 3. The largest absolute Gasteiger partial charge is 0.497 e. The second-order valence-corrected chi connectivity index (χ2v) is 29.3. The monoisotopic (exact) mass is 1590 g/mol. The van der Waals surface area contributed by atoms with Gasteiger partial charge in [0.25, 0.3) is 40.5 Å². The van der Waals surface area contributed by atoms with E-state index in [0.29, 0.717) is 73.6 Å². The number of ether oxygens (including phenoxy) is 6. The Labute approximate surface area is 618 Å². The molecule has 556 valence electrons. The maximum absolute atomic E-state index is 13.1. The minimum absolute atomic E-state index is 0.0128. The number of methoxy groups -OCH3 is 3. The van der Waals surface area contributed by atoms with Crippen LogP contribution in [0.3, 0.4) is 0 Å². The molecule has 0 saturated heterocycles. The summed E-state index contributed by atoms with van der Waals surface area (Å²) in [6.07, 6.45) is 0. The second kappa shape index (κ2) is 36.6. The van der Waals surface area contributed by atoms with E-state index in [9.17, 15) is 66.3 Å². The van der Waals surface area contributed by atoms with Crippen molar-refractivity contribution in [3.8, 4) is 62.9 Å². The van der Waals surface area contributed by atoms with Gasteiger partial charge >= 0.3 is 0 Å². The van der Waals surface area contributed by atoms with E-state index in [-0.39, 0.29) is 56.4 Å². The first-order chi connectivity index (χ1) is 50.3. The smallest absolute Gasteiger partial charge is 0.298 e. The van der Waals surface area contributed by atoms with Gasteiger partial charge in [-0.15, -0.1) is 13.0 Å². The van der Waals surface area contributed by atoms with E-state index < -0.39 is 83.2 Å². The van der Waals surface area contributed by atoms with Gasteiger partial charge in [-0.1, -0.05) is 75.8 Å². The molecule has 37 heteroatoms. The molecular formula is C69H58O30S7. The molecule has 0 bridgehead atoms. The third-order valence-corrected chi connectivity index (χ3v) is 20.4. The van der Waals surface area contributed by atoms with Crippen molar-refractivity contribution in [1.29, 1.82) is 0 Å². The van der Waals surface area contributed by atoms with Gasteiger partial charge in [-0.25, -0.2) is 15.8 Å². The Balaban J connectivity index is 0.000000202. The third kappa shape index (κ3) is 22.0. The van der Waals surface area contributed by atoms with E-state index in [0.717, 1.165) is 58.3 Å². The first kappa shape index (κ1) is 82.0. The van der Waals surface area contributed by atoms with E-state index in [4.69, 9.17) is 44.2 Å². The van der Waals surface area contributed by atoms with E-state index in [1.165, 1.54) is 80.9 Å². The Hall–Kier alpha value is -9.66. The topological polar surface area (TPSA) is 440 Å². The fourth-order valence-electron chi connectivity index (χ4n) is 9.40. The molecule has 7 N–H and O–H groups in total. The van der Waals surface area contributed by atoms with E-state index in [1.807, 2.05) is 24.3 Å². The zero-order chi connectivity index (χ0) is 77.3. The average Bonchev–Trinajstić information content (AvgIpc) is 0.802. The summed E-state index contributed by atoms with van der Waals surface area (Å²) in [6, 6.07) is 48.7. The summed E-state index contributed by atoms with van der Waals surface area (Å²) in [6.45, 7) is 5.25. The van der Waals surface area contributed by atoms with Crippen LogP contribution < -0.4 is 28.4 Å². The summed E-state index contributed by atoms with van der Waals surface area (Å²) in [4.78, 5) is 37.9. The van der Waals surface area contributed by atoms with Gasteiger partial charge in [0.1, 0.15) is 71.3 Å². The van der Waals surface area contributed by atoms with Crippen LogP contribution in [0.2, 0.25) is 0 Å². The number of ketones is 3. The van der Waals surface area contributed by atoms with Gasteiger partial charge in [0, 0.05) is 54.1 Å². The number of hydrogen-bond acceptors (Lipinski definition) is 29. The Morgan fingerprint density at radius 2 is 0.538 bits per heavy atom. The van der Waals surface area contributed by atoms with Crippen LogP contribution in [0.1, 0.15) is 64.5 Å². The Bertz CT molecular complexity index is 5330. The molecule has 0 atom stereocenters. The molecule has 0 aliphatic carbocycles. The van der Waals surface area contributed by atoms with Gasteiger partial charge < -0.3 is 28.4 Å². The van der Waals surface area contributed by atoms with Gasteiger partial charge in [0.15, 0.2) is 17.3 Å². The van der Waals surface area contributed by atoms with Crippen LogP contribution in [0.5, 0.6) is 51.7 Å². The molecule has 0 amide bonds. The standard InChI is InChI=1S/C27H22O9S2.C21H18O12S3.C21H18O9S2/c1-17-3-4-20(15-25(17)37-36-35-29)27(28)21-9-14-24(26(16-21)38(30,31)32)34-23-12-7-19(8-13-23)18-5-10-22(33-2)11-6-18;1-12-3-4-13(9-18(12)34-33-32-23)21(22)14-5-7-17(19(10-14)35(24,25)26)31-15-6-8-16(30-2)20(11-15)36(27,28)29;1-13-3-4-14(11-19(13)31-30-29-23)21(22)15-5-10-18(20(12-15)32(24,25)26)28-17-8-6-16(27-2)7-9-17/h3-16,29H,1-2H3,(H,30,31,32);3-11,23H,1-2H3,(H,24,25,26)(H,27,28,29);3-12,23H,1-2H3,(H,24,25,26). The van der Waals surface area contributed by atoms with E-state index >= 15 is 0 Å². The molecule has 0 saturated carbocycles. The van der Waals surface area contributed by atoms with Crippen molar-refractivity contribution in [1.82, 2.24) is 0 Å². The highest BCUT2D eigenvalue weighted by atomic mass is 32.2. The van der Waals surface area contributed by atoms with Gasteiger partial charge in [0.05, 0.1) is 57.5 Å². The van der Waals surface area contributed by atoms with Crippen molar-refractivity contribution in [3.05, 3.63) is 250 Å². The SMILES string of the molecule is COc1ccc(-c2ccc(Oc3ccc(C(=O)c4ccc(C)c(SOOO)c4)cc3S(=O)(=O)O)cc2)cc1.COc1ccc(Oc2ccc(C(=O)c3ccc(C)c(SOOO)c3)cc2S(=O)(=O)O)cc1.COc1ccc(Oc2ccc(C(=O)c3ccc(C)c(SOOO)c3)cc2S(=O)(=O)O)cc1S(=O)(=O)O. The van der Waals surface area contributed by atoms with E-state index in [2.05, 4.69) is 28.1 Å². The van der Waals surface area contributed by atoms with Crippen molar-refractivity contribution >= 4 is 94.0 Å². The first-order valence-corrected chi connectivity index (χ1v) is 37.6. The van der Waals surface area contributed by atoms with Crippen LogP contribution in [-0.4, -0.2) is 106 Å². The van der Waals surface area contributed by atoms with Crippen LogP contribution >= 0.6 is 36.1 Å². The lowest BCUT2D eigenvalue weighted by Gasteiger charge is -2.13. The molecule has 0 unspecified atom stereocenters. The molecule has 0 radical (unpaired) electrons. The Kier molecular flexibility index (Phi) is 28.3. The summed E-state index contributed by atoms with van der Waals surface area (Å²) < 4.78 is 179. The van der Waals surface area contributed by atoms with Crippen molar-refractivity contribution < 1.29 is 139 Å². The number of carbonyl (C=O) groups excluding carboxylic acids is 3. The molecule has 0 aliphatic rings. The highest BCUT2D eigenvalue weighted by molar-refractivity contribution is 7.95. The lowest BCUT2D eigenvalue weighted by molar-refractivity contribution is -0.432. The van der Waals surface area contributed by atoms with Gasteiger partial charge in [-0.3, -0.25) is 32.6 Å². The highest BCUT2D eigenvalue weighted by Crippen LogP contribution is 2.38. The van der Waals surface area contributed by atoms with Crippen molar-refractivity contribution in [3.63, 3.8) is 0 Å². The minimum Gasteiger partial charge on any atom is -0.497 e. The molecule has 0 heterocycles. The normalized spacial score (nSPS) is 11.4. The van der Waals surface area contributed by atoms with Crippen LogP contribution in [0.4, 0.5) is 0 Å². The van der Waals surface area contributed by atoms with Crippen molar-refractivity contribution in [2.75, 3.05) is 21.3 Å². The Morgan fingerprint density at radius 3 is 0.830 bits per heavy atom. The molecule has 10 aromatic carbocycles. The summed E-state index contributed by atoms with van der Waals surface area (Å²) >= 11 is 2.04. The van der Waals surface area contributed by atoms with Crippen LogP contribution in [-0.2, 0) is 68.6 Å². The quantitative estimate of drug-likeness (QED) is 0.00752. The molecule has 10 rings (SSSR count). The Morgan fingerprint density at radius 1 is 0.292 bits per heavy atom. The number of hydrogen-bond donors (Lipinski definition) is 7. The van der Waals surface area contributed by atoms with Crippen molar-refractivity contribution in [2.45, 2.75) is 55.0 Å². The molecule has 0 spiro atoms. The maximum Gasteiger partial charge on any atom is 0.298 e. The fraction of sp³-hybridized carbons (Fsp3) is 0.0870. The molecule has 0 aromatic heterocycles. The number of rotatable bonds is 29. The van der Waals surface area contributed by atoms with Gasteiger partial charge in [-0.2, -0.15) is 33.7 Å². The van der Waals surface area contributed by atoms with Crippen LogP contribution in [0.15, 0.2) is 234 Å². The van der Waals surface area contributed by atoms with Gasteiger partial charge in [-0.05, 0) is 182 Å². The average molecular weight is 1590 g/mol. The lowest BCUT2D eigenvalue weighted by atomic mass is 10.0. The summed E-state index contributed by atoms with van der Waals surface area (Å²) in [5.41, 5.74) is 4.55. The van der Waals surface area contributed by atoms with Crippen LogP contribution in [0.25, 0.3) is 11.1 Å². The first-order valence-electron chi connectivity index (χ1n) is 29.6. The zero-order valence-corrected chi connectivity index (χ0v) is 61.1. The van der Waals surface area contributed by atoms with Crippen molar-refractivity contribution in [2.24, 2.45) is 0 Å². The zero-order valence-electron chi connectivity index (χ0n) is 55.4. The van der Waals surface area contributed by atoms with Crippen LogP contribution in [0, 0.1) is 20.8 Å². The molecule has 0 fully saturated rings. The predicted octanol–water partition coefficient (Wildman–Crippen LogP) is 15.0. The number of aryl methyl sites for hydroxylation is 3. The molecule has 106 heavy (non-hydrogen) atoms. The number of benzene rings is 10. The lowest BCUT2D eigenvalue weighted by Crippen LogP contribution is -2.07. The molecule has 30 nitrogen and oxygen atoms in total. The highest BCUT2D eigenvalue weighted by Gasteiger charge is 2.27. The summed E-state index contributed by atoms with van der Waals surface area (Å²) in [5.74, 6) is -0.775. The molecular weight excluding hydrogens is 1530 g/mol.